The number of para-hydroxylation sites is 2. The molecule has 0 bridgehead atoms. The first-order valence-electron chi connectivity index (χ1n) is 9.96. The zero-order valence-corrected chi connectivity index (χ0v) is 17.0. The number of carbonyl (C=O) groups is 2. The number of fused-ring (bicyclic) bond motifs is 1. The van der Waals surface area contributed by atoms with Gasteiger partial charge in [0.05, 0.1) is 35.8 Å². The average molecular weight is 394 g/mol. The van der Waals surface area contributed by atoms with Crippen LogP contribution < -0.4 is 5.32 Å². The van der Waals surface area contributed by atoms with Gasteiger partial charge in [-0.1, -0.05) is 26.0 Å². The Kier molecular flexibility index (Phi) is 5.13. The molecule has 1 aromatic carbocycles. The number of aryl methyl sites for hydroxylation is 1. The summed E-state index contributed by atoms with van der Waals surface area (Å²) in [7, 11) is 1.97. The zero-order chi connectivity index (χ0) is 20.5. The summed E-state index contributed by atoms with van der Waals surface area (Å²) in [6, 6.07) is 11.3. The standard InChI is InChI=1S/C22H26N4O3/c1-14(2)20(21-23-17-8-4-5-9-18(17)25(21)3)24-22(28)15-11-19(27)26(12-15)13-16-7-6-10-29-16/h4-10,14-15,20H,11-13H2,1-3H3,(H,24,28)/t15-,20+/m1/s1. The molecule has 0 unspecified atom stereocenters. The SMILES string of the molecule is CC(C)[C@H](NC(=O)[C@@H]1CC(=O)N(Cc2ccco2)C1)c1nc2ccccc2n1C. The lowest BCUT2D eigenvalue weighted by molar-refractivity contribution is -0.129. The van der Waals surface area contributed by atoms with Crippen LogP contribution in [0.2, 0.25) is 0 Å². The van der Waals surface area contributed by atoms with E-state index in [0.717, 1.165) is 22.6 Å². The smallest absolute Gasteiger partial charge is 0.226 e. The molecule has 2 aromatic heterocycles. The van der Waals surface area contributed by atoms with Gasteiger partial charge >= 0.3 is 0 Å². The minimum Gasteiger partial charge on any atom is -0.467 e. The van der Waals surface area contributed by atoms with Gasteiger partial charge < -0.3 is 19.2 Å². The summed E-state index contributed by atoms with van der Waals surface area (Å²) in [5.74, 6) is 1.21. The van der Waals surface area contributed by atoms with Crippen molar-refractivity contribution in [1.29, 1.82) is 0 Å². The van der Waals surface area contributed by atoms with Crippen molar-refractivity contribution < 1.29 is 14.0 Å². The van der Waals surface area contributed by atoms with Crippen LogP contribution >= 0.6 is 0 Å². The molecule has 0 spiro atoms. The Morgan fingerprint density at radius 2 is 2.07 bits per heavy atom. The molecule has 3 heterocycles. The highest BCUT2D eigenvalue weighted by Gasteiger charge is 2.36. The van der Waals surface area contributed by atoms with E-state index in [1.165, 1.54) is 0 Å². The molecule has 4 rings (SSSR count). The molecule has 1 fully saturated rings. The van der Waals surface area contributed by atoms with Crippen LogP contribution in [0.5, 0.6) is 0 Å². The molecule has 7 heteroatoms. The second-order valence-electron chi connectivity index (χ2n) is 8.00. The van der Waals surface area contributed by atoms with Gasteiger partial charge in [-0.3, -0.25) is 9.59 Å². The largest absolute Gasteiger partial charge is 0.467 e. The van der Waals surface area contributed by atoms with E-state index in [2.05, 4.69) is 19.2 Å². The average Bonchev–Trinajstić information content (AvgIpc) is 3.41. The van der Waals surface area contributed by atoms with Crippen molar-refractivity contribution in [2.45, 2.75) is 32.9 Å². The third-order valence-corrected chi connectivity index (χ3v) is 5.58. The summed E-state index contributed by atoms with van der Waals surface area (Å²) in [5.41, 5.74) is 1.94. The predicted octanol–water partition coefficient (Wildman–Crippen LogP) is 3.03. The highest BCUT2D eigenvalue weighted by molar-refractivity contribution is 5.89. The number of carbonyl (C=O) groups excluding carboxylic acids is 2. The van der Waals surface area contributed by atoms with Crippen molar-refractivity contribution in [3.8, 4) is 0 Å². The van der Waals surface area contributed by atoms with Crippen molar-refractivity contribution in [1.82, 2.24) is 19.8 Å². The number of benzene rings is 1. The van der Waals surface area contributed by atoms with Crippen LogP contribution in [0.4, 0.5) is 0 Å². The van der Waals surface area contributed by atoms with E-state index >= 15 is 0 Å². The van der Waals surface area contributed by atoms with Crippen LogP contribution in [0.25, 0.3) is 11.0 Å². The summed E-state index contributed by atoms with van der Waals surface area (Å²) in [5, 5.41) is 3.15. The van der Waals surface area contributed by atoms with Crippen molar-refractivity contribution in [3.05, 3.63) is 54.2 Å². The van der Waals surface area contributed by atoms with Crippen molar-refractivity contribution >= 4 is 22.8 Å². The summed E-state index contributed by atoms with van der Waals surface area (Å²) >= 11 is 0. The number of furan rings is 1. The number of nitrogens with one attached hydrogen (secondary N) is 1. The molecule has 0 saturated carbocycles. The molecular formula is C22H26N4O3. The number of aromatic nitrogens is 2. The van der Waals surface area contributed by atoms with E-state index in [1.807, 2.05) is 41.9 Å². The van der Waals surface area contributed by atoms with Gasteiger partial charge in [-0.2, -0.15) is 0 Å². The molecule has 1 aliphatic rings. The Labute approximate surface area is 169 Å². The van der Waals surface area contributed by atoms with E-state index < -0.39 is 0 Å². The normalized spacial score (nSPS) is 18.0. The Morgan fingerprint density at radius 3 is 2.76 bits per heavy atom. The highest BCUT2D eigenvalue weighted by atomic mass is 16.3. The number of hydrogen-bond donors (Lipinski definition) is 1. The molecule has 0 aliphatic carbocycles. The van der Waals surface area contributed by atoms with Crippen LogP contribution in [-0.4, -0.2) is 32.8 Å². The maximum absolute atomic E-state index is 13.0. The van der Waals surface area contributed by atoms with Crippen LogP contribution in [-0.2, 0) is 23.2 Å². The molecule has 2 atom stereocenters. The van der Waals surface area contributed by atoms with Crippen LogP contribution in [0, 0.1) is 11.8 Å². The monoisotopic (exact) mass is 394 g/mol. The van der Waals surface area contributed by atoms with E-state index in [9.17, 15) is 9.59 Å². The lowest BCUT2D eigenvalue weighted by Gasteiger charge is -2.24. The third kappa shape index (κ3) is 3.77. The summed E-state index contributed by atoms with van der Waals surface area (Å²) in [6.45, 7) is 4.92. The first-order chi connectivity index (χ1) is 13.9. The molecule has 7 nitrogen and oxygen atoms in total. The minimum absolute atomic E-state index is 0.0228. The lowest BCUT2D eigenvalue weighted by atomic mass is 10.0. The van der Waals surface area contributed by atoms with Gasteiger partial charge in [-0.15, -0.1) is 0 Å². The third-order valence-electron chi connectivity index (χ3n) is 5.58. The molecule has 0 radical (unpaired) electrons. The van der Waals surface area contributed by atoms with Gasteiger partial charge in [0.15, 0.2) is 0 Å². The van der Waals surface area contributed by atoms with E-state index in [-0.39, 0.29) is 36.1 Å². The number of amides is 2. The molecule has 1 aliphatic heterocycles. The summed E-state index contributed by atoms with van der Waals surface area (Å²) < 4.78 is 7.36. The molecule has 1 saturated heterocycles. The van der Waals surface area contributed by atoms with Gasteiger partial charge in [0.1, 0.15) is 11.6 Å². The first-order valence-corrected chi connectivity index (χ1v) is 9.96. The number of nitrogens with zero attached hydrogens (tertiary/aromatic N) is 3. The molecule has 1 N–H and O–H groups in total. The van der Waals surface area contributed by atoms with Crippen LogP contribution in [0.1, 0.15) is 37.9 Å². The maximum Gasteiger partial charge on any atom is 0.226 e. The predicted molar refractivity (Wildman–Crippen MR) is 109 cm³/mol. The highest BCUT2D eigenvalue weighted by Crippen LogP contribution is 2.27. The molecule has 29 heavy (non-hydrogen) atoms. The molecule has 152 valence electrons. The Morgan fingerprint density at radius 1 is 1.28 bits per heavy atom. The number of likely N-dealkylation sites (tertiary alicyclic amines) is 1. The fourth-order valence-corrected chi connectivity index (χ4v) is 3.93. The van der Waals surface area contributed by atoms with E-state index in [4.69, 9.17) is 9.40 Å². The Bertz CT molecular complexity index is 1020. The second-order valence-corrected chi connectivity index (χ2v) is 8.00. The molecule has 3 aromatic rings. The van der Waals surface area contributed by atoms with Gasteiger partial charge in [0.25, 0.3) is 0 Å². The molecular weight excluding hydrogens is 368 g/mol. The Balaban J connectivity index is 1.49. The number of hydrogen-bond acceptors (Lipinski definition) is 4. The zero-order valence-electron chi connectivity index (χ0n) is 17.0. The number of rotatable bonds is 6. The maximum atomic E-state index is 13.0. The Hall–Kier alpha value is -3.09. The van der Waals surface area contributed by atoms with Gasteiger partial charge in [-0.25, -0.2) is 4.98 Å². The fourth-order valence-electron chi connectivity index (χ4n) is 3.93. The van der Waals surface area contributed by atoms with Crippen molar-refractivity contribution in [3.63, 3.8) is 0 Å². The van der Waals surface area contributed by atoms with Gasteiger partial charge in [-0.05, 0) is 30.2 Å². The fraction of sp³-hybridized carbons (Fsp3) is 0.409. The van der Waals surface area contributed by atoms with Gasteiger partial charge in [0, 0.05) is 20.0 Å². The molecule has 2 amide bonds. The van der Waals surface area contributed by atoms with Crippen LogP contribution in [0.15, 0.2) is 47.1 Å². The van der Waals surface area contributed by atoms with Crippen molar-refractivity contribution in [2.24, 2.45) is 18.9 Å². The second kappa shape index (κ2) is 7.73. The minimum atomic E-state index is -0.367. The quantitative estimate of drug-likeness (QED) is 0.697. The lowest BCUT2D eigenvalue weighted by Crippen LogP contribution is -2.38. The first kappa shape index (κ1) is 19.2. The van der Waals surface area contributed by atoms with E-state index in [0.29, 0.717) is 13.1 Å². The number of imidazole rings is 1. The van der Waals surface area contributed by atoms with Gasteiger partial charge in [0.2, 0.25) is 11.8 Å². The van der Waals surface area contributed by atoms with Crippen LogP contribution in [0.3, 0.4) is 0 Å². The van der Waals surface area contributed by atoms with E-state index in [1.54, 1.807) is 17.2 Å². The topological polar surface area (TPSA) is 80.4 Å². The summed E-state index contributed by atoms with van der Waals surface area (Å²) in [6.07, 6.45) is 1.81. The summed E-state index contributed by atoms with van der Waals surface area (Å²) in [4.78, 5) is 31.8. The van der Waals surface area contributed by atoms with Crippen molar-refractivity contribution in [2.75, 3.05) is 6.54 Å².